The molecule has 1 aliphatic carbocycles. The Kier molecular flexibility index (Phi) is 5.08. The summed E-state index contributed by atoms with van der Waals surface area (Å²) in [6.07, 6.45) is 5.84. The van der Waals surface area contributed by atoms with Crippen LogP contribution in [0.1, 0.15) is 54.3 Å². The molecule has 0 bridgehead atoms. The first-order chi connectivity index (χ1) is 17.5. The molecular weight excluding hydrogens is 458 g/mol. The van der Waals surface area contributed by atoms with Crippen molar-refractivity contribution in [3.05, 3.63) is 71.6 Å². The van der Waals surface area contributed by atoms with Crippen LogP contribution in [-0.4, -0.2) is 38.9 Å². The fourth-order valence-corrected chi connectivity index (χ4v) is 5.91. The molecule has 2 saturated heterocycles. The highest BCUT2D eigenvalue weighted by Gasteiger charge is 2.45. The van der Waals surface area contributed by atoms with Crippen molar-refractivity contribution in [2.45, 2.75) is 50.1 Å². The van der Waals surface area contributed by atoms with Crippen molar-refractivity contribution in [2.24, 2.45) is 0 Å². The largest absolute Gasteiger partial charge is 0.341 e. The van der Waals surface area contributed by atoms with E-state index in [0.717, 1.165) is 65.4 Å². The van der Waals surface area contributed by atoms with E-state index in [4.69, 9.17) is 4.98 Å². The summed E-state index contributed by atoms with van der Waals surface area (Å²) in [7, 11) is 0. The minimum Gasteiger partial charge on any atom is -0.341 e. The second kappa shape index (κ2) is 8.35. The maximum absolute atomic E-state index is 13.7. The van der Waals surface area contributed by atoms with Crippen LogP contribution in [0.15, 0.2) is 48.7 Å². The van der Waals surface area contributed by atoms with Crippen LogP contribution >= 0.6 is 0 Å². The van der Waals surface area contributed by atoms with Gasteiger partial charge >= 0.3 is 5.92 Å². The molecule has 184 valence electrons. The van der Waals surface area contributed by atoms with E-state index in [9.17, 15) is 8.78 Å². The number of imidazole rings is 2. The Balaban J connectivity index is 1.12. The predicted molar refractivity (Wildman–Crippen MR) is 134 cm³/mol. The van der Waals surface area contributed by atoms with Crippen LogP contribution < -0.4 is 10.6 Å². The van der Waals surface area contributed by atoms with Gasteiger partial charge in [0, 0.05) is 11.3 Å². The number of hydrogen-bond acceptors (Lipinski definition) is 3. The number of nitrogens with two attached hydrogens (primary N) is 1. The highest BCUT2D eigenvalue weighted by atomic mass is 19.3. The molecule has 3 aliphatic rings. The van der Waals surface area contributed by atoms with Gasteiger partial charge in [-0.05, 0) is 54.5 Å². The van der Waals surface area contributed by atoms with Crippen molar-refractivity contribution in [1.82, 2.24) is 25.3 Å². The molecule has 0 spiro atoms. The second-order valence-corrected chi connectivity index (χ2v) is 10.3. The lowest BCUT2D eigenvalue weighted by molar-refractivity contribution is -0.682. The lowest BCUT2D eigenvalue weighted by atomic mass is 9.89. The summed E-state index contributed by atoms with van der Waals surface area (Å²) in [5.41, 5.74) is 8.83. The molecule has 2 aliphatic heterocycles. The average molecular weight is 488 g/mol. The molecule has 4 aromatic rings. The number of halogens is 2. The number of H-pyrrole nitrogens is 2. The first-order valence-electron chi connectivity index (χ1n) is 12.8. The number of rotatable bonds is 4. The minimum absolute atomic E-state index is 0.154. The van der Waals surface area contributed by atoms with E-state index in [2.05, 4.69) is 62.7 Å². The summed E-state index contributed by atoms with van der Waals surface area (Å²) in [5, 5.41) is 5.19. The number of aromatic amines is 2. The minimum atomic E-state index is -2.62. The zero-order chi connectivity index (χ0) is 24.3. The molecule has 4 heterocycles. The monoisotopic (exact) mass is 487 g/mol. The van der Waals surface area contributed by atoms with Crippen molar-refractivity contribution in [1.29, 1.82) is 0 Å². The van der Waals surface area contributed by atoms with E-state index in [-0.39, 0.29) is 19.0 Å². The maximum Gasteiger partial charge on any atom is 0.301 e. The molecule has 0 amide bonds. The zero-order valence-corrected chi connectivity index (χ0v) is 20.0. The topological polar surface area (TPSA) is 86.0 Å². The number of hydrogen-bond donors (Lipinski definition) is 4. The van der Waals surface area contributed by atoms with Gasteiger partial charge < -0.3 is 20.6 Å². The summed E-state index contributed by atoms with van der Waals surface area (Å²) < 4.78 is 27.4. The lowest BCUT2D eigenvalue weighted by Gasteiger charge is -2.16. The first-order valence-corrected chi connectivity index (χ1v) is 12.8. The van der Waals surface area contributed by atoms with Crippen LogP contribution in [0, 0.1) is 0 Å². The van der Waals surface area contributed by atoms with Crippen LogP contribution in [0.4, 0.5) is 8.78 Å². The van der Waals surface area contributed by atoms with Gasteiger partial charge in [-0.3, -0.25) is 0 Å². The fourth-order valence-electron chi connectivity index (χ4n) is 5.91. The van der Waals surface area contributed by atoms with Crippen molar-refractivity contribution in [3.63, 3.8) is 0 Å². The number of quaternary nitrogens is 1. The van der Waals surface area contributed by atoms with E-state index in [0.29, 0.717) is 11.9 Å². The highest BCUT2D eigenvalue weighted by molar-refractivity contribution is 5.76. The molecule has 8 heteroatoms. The molecule has 2 unspecified atom stereocenters. The number of nitrogens with zero attached hydrogens (tertiary/aromatic N) is 2. The van der Waals surface area contributed by atoms with Crippen molar-refractivity contribution in [2.75, 3.05) is 13.1 Å². The van der Waals surface area contributed by atoms with Crippen molar-refractivity contribution in [3.8, 4) is 33.6 Å². The average Bonchev–Trinajstić information content (AvgIpc) is 3.69. The Morgan fingerprint density at radius 1 is 0.944 bits per heavy atom. The molecule has 2 fully saturated rings. The van der Waals surface area contributed by atoms with Crippen LogP contribution in [0.25, 0.3) is 33.6 Å². The molecule has 2 aromatic heterocycles. The number of aromatic nitrogens is 4. The standard InChI is InChI=1S/C28H28F2N6/c29-28(30)13-23(33-15-28)27-34-21-10-8-19-12-18(7-9-20(19)25(21)36-27)16-3-5-17(6-4-16)24-14-32-26(35-24)22-2-1-11-31-22/h3-7,9,12,14,22-23,31,33H,1-2,8,10-11,13,15H2,(H,32,35)(H,34,36)/p+1. The fraction of sp³-hybridized carbons (Fsp3) is 0.357. The van der Waals surface area contributed by atoms with Gasteiger partial charge in [0.1, 0.15) is 12.4 Å². The quantitative estimate of drug-likeness (QED) is 0.346. The van der Waals surface area contributed by atoms with E-state index in [1.165, 1.54) is 17.5 Å². The van der Waals surface area contributed by atoms with Crippen LogP contribution in [0.5, 0.6) is 0 Å². The molecule has 0 saturated carbocycles. The van der Waals surface area contributed by atoms with E-state index >= 15 is 0 Å². The van der Waals surface area contributed by atoms with Gasteiger partial charge in [0.2, 0.25) is 0 Å². The van der Waals surface area contributed by atoms with Gasteiger partial charge in [0.15, 0.2) is 11.9 Å². The van der Waals surface area contributed by atoms with Crippen molar-refractivity contribution >= 4 is 0 Å². The third-order valence-electron chi connectivity index (χ3n) is 7.89. The number of nitrogens with one attached hydrogen (secondary N) is 3. The predicted octanol–water partition coefficient (Wildman–Crippen LogP) is 4.30. The van der Waals surface area contributed by atoms with Crippen LogP contribution in [-0.2, 0) is 12.8 Å². The number of aryl methyl sites for hydroxylation is 2. The highest BCUT2D eigenvalue weighted by Crippen LogP contribution is 2.37. The molecule has 5 N–H and O–H groups in total. The molecule has 36 heavy (non-hydrogen) atoms. The van der Waals surface area contributed by atoms with E-state index < -0.39 is 5.92 Å². The molecule has 2 aromatic carbocycles. The molecule has 2 atom stereocenters. The number of benzene rings is 2. The summed E-state index contributed by atoms with van der Waals surface area (Å²) in [5.74, 6) is -0.926. The summed E-state index contributed by atoms with van der Waals surface area (Å²) in [4.78, 5) is 16.2. The third kappa shape index (κ3) is 3.85. The van der Waals surface area contributed by atoms with Gasteiger partial charge in [-0.15, -0.1) is 0 Å². The molecule has 0 radical (unpaired) electrons. The molecule has 6 nitrogen and oxygen atoms in total. The summed E-state index contributed by atoms with van der Waals surface area (Å²) in [6, 6.07) is 15.1. The Morgan fingerprint density at radius 3 is 2.56 bits per heavy atom. The van der Waals surface area contributed by atoms with Crippen LogP contribution in [0.2, 0.25) is 0 Å². The third-order valence-corrected chi connectivity index (χ3v) is 7.89. The van der Waals surface area contributed by atoms with Crippen LogP contribution in [0.3, 0.4) is 0 Å². The Bertz CT molecular complexity index is 1410. The number of fused-ring (bicyclic) bond motifs is 3. The van der Waals surface area contributed by atoms with Gasteiger partial charge in [-0.2, -0.15) is 0 Å². The maximum atomic E-state index is 13.7. The number of alkyl halides is 2. The zero-order valence-electron chi connectivity index (χ0n) is 20.0. The second-order valence-electron chi connectivity index (χ2n) is 10.3. The van der Waals surface area contributed by atoms with Crippen molar-refractivity contribution < 1.29 is 14.1 Å². The lowest BCUT2D eigenvalue weighted by Crippen LogP contribution is -2.83. The van der Waals surface area contributed by atoms with Gasteiger partial charge in [0.25, 0.3) is 0 Å². The molecular formula is C28H29F2N6+. The summed E-state index contributed by atoms with van der Waals surface area (Å²) in [6.45, 7) is 0.887. The van der Waals surface area contributed by atoms with Gasteiger partial charge in [-0.1, -0.05) is 42.5 Å². The van der Waals surface area contributed by atoms with E-state index in [1.54, 1.807) is 5.32 Å². The SMILES string of the molecule is FC1(F)C[NH2+]C(c2nc3c([nH]2)CCc2cc(-c4ccc(-c5cnc(C6CCCN6)[nH]5)cc4)ccc2-3)C1. The van der Waals surface area contributed by atoms with E-state index in [1.807, 2.05) is 6.20 Å². The summed E-state index contributed by atoms with van der Waals surface area (Å²) >= 11 is 0. The Morgan fingerprint density at radius 2 is 1.78 bits per heavy atom. The Hall–Kier alpha value is -3.36. The smallest absolute Gasteiger partial charge is 0.301 e. The molecule has 7 rings (SSSR count). The van der Waals surface area contributed by atoms with Gasteiger partial charge in [0.05, 0.1) is 30.0 Å². The Labute approximate surface area is 208 Å². The van der Waals surface area contributed by atoms with Gasteiger partial charge in [-0.25, -0.2) is 18.7 Å². The normalized spacial score (nSPS) is 22.5. The first kappa shape index (κ1) is 21.9.